The first-order valence-electron chi connectivity index (χ1n) is 5.68. The molecule has 4 nitrogen and oxygen atoms in total. The van der Waals surface area contributed by atoms with Gasteiger partial charge in [0, 0.05) is 24.6 Å². The predicted octanol–water partition coefficient (Wildman–Crippen LogP) is 0.546. The summed E-state index contributed by atoms with van der Waals surface area (Å²) in [4.78, 5) is 13.5. The maximum Gasteiger partial charge on any atom is 0.246 e. The molecule has 4 heteroatoms. The summed E-state index contributed by atoms with van der Waals surface area (Å²) in [6.45, 7) is 5.01. The highest BCUT2D eigenvalue weighted by Gasteiger charge is 2.34. The van der Waals surface area contributed by atoms with E-state index in [9.17, 15) is 15.0 Å². The number of allylic oxidation sites excluding steroid dienone is 1. The van der Waals surface area contributed by atoms with Crippen LogP contribution in [0.4, 0.5) is 0 Å². The fraction of sp³-hybridized carbons (Fsp3) is 0.750. The molecule has 1 fully saturated rings. The van der Waals surface area contributed by atoms with Gasteiger partial charge in [0.05, 0.1) is 13.2 Å². The summed E-state index contributed by atoms with van der Waals surface area (Å²) in [5.74, 6) is 0.0319. The second-order valence-corrected chi connectivity index (χ2v) is 4.86. The van der Waals surface area contributed by atoms with E-state index in [1.54, 1.807) is 11.0 Å². The van der Waals surface area contributed by atoms with Crippen LogP contribution in [0, 0.1) is 5.41 Å². The van der Waals surface area contributed by atoms with Crippen molar-refractivity contribution >= 4 is 5.91 Å². The monoisotopic (exact) mass is 227 g/mol. The van der Waals surface area contributed by atoms with Crippen LogP contribution in [0.5, 0.6) is 0 Å². The molecule has 1 rings (SSSR count). The normalized spacial score (nSPS) is 19.4. The molecule has 16 heavy (non-hydrogen) atoms. The van der Waals surface area contributed by atoms with Gasteiger partial charge in [0.25, 0.3) is 0 Å². The van der Waals surface area contributed by atoms with E-state index in [0.29, 0.717) is 25.9 Å². The van der Waals surface area contributed by atoms with Crippen molar-refractivity contribution in [1.82, 2.24) is 4.90 Å². The summed E-state index contributed by atoms with van der Waals surface area (Å²) in [5, 5.41) is 18.5. The molecule has 1 heterocycles. The third kappa shape index (κ3) is 3.06. The standard InChI is InChI=1S/C12H21NO3/c1-10(2)7-11(16)13-5-3-12(8-14,9-15)4-6-13/h7,14-15H,3-6,8-9H2,1-2H3. The minimum Gasteiger partial charge on any atom is -0.396 e. The third-order valence-corrected chi connectivity index (χ3v) is 3.22. The Morgan fingerprint density at radius 1 is 1.25 bits per heavy atom. The van der Waals surface area contributed by atoms with Gasteiger partial charge in [-0.05, 0) is 26.7 Å². The van der Waals surface area contributed by atoms with Crippen LogP contribution in [0.3, 0.4) is 0 Å². The van der Waals surface area contributed by atoms with Crippen molar-refractivity contribution in [3.05, 3.63) is 11.6 Å². The molecule has 0 atom stereocenters. The van der Waals surface area contributed by atoms with Gasteiger partial charge in [-0.25, -0.2) is 0 Å². The Morgan fingerprint density at radius 3 is 2.12 bits per heavy atom. The van der Waals surface area contributed by atoms with E-state index in [0.717, 1.165) is 5.57 Å². The fourth-order valence-corrected chi connectivity index (χ4v) is 1.91. The van der Waals surface area contributed by atoms with Gasteiger partial charge in [0.2, 0.25) is 5.91 Å². The lowest BCUT2D eigenvalue weighted by molar-refractivity contribution is -0.129. The molecule has 0 bridgehead atoms. The van der Waals surface area contributed by atoms with Gasteiger partial charge in [-0.15, -0.1) is 0 Å². The minimum absolute atomic E-state index is 0.00578. The smallest absolute Gasteiger partial charge is 0.246 e. The Morgan fingerprint density at radius 2 is 1.75 bits per heavy atom. The second kappa shape index (κ2) is 5.46. The van der Waals surface area contributed by atoms with E-state index in [1.807, 2.05) is 13.8 Å². The molecule has 1 amide bonds. The molecule has 0 spiro atoms. The first-order valence-corrected chi connectivity index (χ1v) is 5.68. The molecule has 92 valence electrons. The lowest BCUT2D eigenvalue weighted by Crippen LogP contribution is -2.45. The van der Waals surface area contributed by atoms with Crippen LogP contribution in [0.2, 0.25) is 0 Å². The minimum atomic E-state index is -0.387. The number of hydrogen-bond donors (Lipinski definition) is 2. The molecule has 1 aliphatic heterocycles. The highest BCUT2D eigenvalue weighted by molar-refractivity contribution is 5.88. The van der Waals surface area contributed by atoms with Crippen molar-refractivity contribution in [3.63, 3.8) is 0 Å². The van der Waals surface area contributed by atoms with Crippen LogP contribution in [0.15, 0.2) is 11.6 Å². The Labute approximate surface area is 96.6 Å². The van der Waals surface area contributed by atoms with E-state index in [4.69, 9.17) is 0 Å². The molecule has 0 aromatic heterocycles. The second-order valence-electron chi connectivity index (χ2n) is 4.86. The average Bonchev–Trinajstić information content (AvgIpc) is 2.28. The highest BCUT2D eigenvalue weighted by atomic mass is 16.3. The van der Waals surface area contributed by atoms with Gasteiger partial charge < -0.3 is 15.1 Å². The number of likely N-dealkylation sites (tertiary alicyclic amines) is 1. The van der Waals surface area contributed by atoms with Gasteiger partial charge in [-0.3, -0.25) is 4.79 Å². The zero-order chi connectivity index (χ0) is 12.2. The molecule has 0 aliphatic carbocycles. The van der Waals surface area contributed by atoms with E-state index in [-0.39, 0.29) is 24.5 Å². The summed E-state index contributed by atoms with van der Waals surface area (Å²) in [6.07, 6.45) is 2.97. The zero-order valence-corrected chi connectivity index (χ0v) is 10.1. The van der Waals surface area contributed by atoms with Gasteiger partial charge in [0.1, 0.15) is 0 Å². The van der Waals surface area contributed by atoms with Crippen LogP contribution in [-0.4, -0.2) is 47.3 Å². The molecule has 0 unspecified atom stereocenters. The van der Waals surface area contributed by atoms with Crippen LogP contribution in [-0.2, 0) is 4.79 Å². The van der Waals surface area contributed by atoms with E-state index < -0.39 is 0 Å². The van der Waals surface area contributed by atoms with Crippen LogP contribution in [0.1, 0.15) is 26.7 Å². The predicted molar refractivity (Wildman–Crippen MR) is 61.8 cm³/mol. The summed E-state index contributed by atoms with van der Waals surface area (Å²) >= 11 is 0. The summed E-state index contributed by atoms with van der Waals surface area (Å²) < 4.78 is 0. The molecule has 0 saturated carbocycles. The van der Waals surface area contributed by atoms with Crippen molar-refractivity contribution in [2.45, 2.75) is 26.7 Å². The first kappa shape index (κ1) is 13.2. The van der Waals surface area contributed by atoms with E-state index >= 15 is 0 Å². The van der Waals surface area contributed by atoms with Crippen molar-refractivity contribution in [2.24, 2.45) is 5.41 Å². The van der Waals surface area contributed by atoms with Gasteiger partial charge in [-0.2, -0.15) is 0 Å². The molecule has 1 aliphatic rings. The SMILES string of the molecule is CC(C)=CC(=O)N1CCC(CO)(CO)CC1. The highest BCUT2D eigenvalue weighted by Crippen LogP contribution is 2.30. The number of piperidine rings is 1. The van der Waals surface area contributed by atoms with Gasteiger partial charge >= 0.3 is 0 Å². The molecular weight excluding hydrogens is 206 g/mol. The molecule has 0 aromatic carbocycles. The number of aliphatic hydroxyl groups is 2. The lowest BCUT2D eigenvalue weighted by atomic mass is 9.80. The summed E-state index contributed by atoms with van der Waals surface area (Å²) in [6, 6.07) is 0. The Hall–Kier alpha value is -0.870. The van der Waals surface area contributed by atoms with Crippen LogP contribution in [0.25, 0.3) is 0 Å². The van der Waals surface area contributed by atoms with Crippen molar-refractivity contribution in [2.75, 3.05) is 26.3 Å². The van der Waals surface area contributed by atoms with E-state index in [1.165, 1.54) is 0 Å². The van der Waals surface area contributed by atoms with Crippen LogP contribution < -0.4 is 0 Å². The lowest BCUT2D eigenvalue weighted by Gasteiger charge is -2.39. The number of rotatable bonds is 3. The van der Waals surface area contributed by atoms with Gasteiger partial charge in [0.15, 0.2) is 0 Å². The largest absolute Gasteiger partial charge is 0.396 e. The molecule has 0 aromatic rings. The Balaban J connectivity index is 2.55. The van der Waals surface area contributed by atoms with Crippen molar-refractivity contribution < 1.29 is 15.0 Å². The molecular formula is C12H21NO3. The number of amides is 1. The number of aliphatic hydroxyl groups excluding tert-OH is 2. The first-order chi connectivity index (χ1) is 7.53. The molecule has 0 radical (unpaired) electrons. The quantitative estimate of drug-likeness (QED) is 0.692. The topological polar surface area (TPSA) is 60.8 Å². The van der Waals surface area contributed by atoms with Crippen molar-refractivity contribution in [1.29, 1.82) is 0 Å². The van der Waals surface area contributed by atoms with Gasteiger partial charge in [-0.1, -0.05) is 5.57 Å². The zero-order valence-electron chi connectivity index (χ0n) is 10.1. The fourth-order valence-electron chi connectivity index (χ4n) is 1.91. The number of carbonyl (C=O) groups excluding carboxylic acids is 1. The Bertz CT molecular complexity index is 268. The maximum absolute atomic E-state index is 11.7. The third-order valence-electron chi connectivity index (χ3n) is 3.22. The van der Waals surface area contributed by atoms with Crippen LogP contribution >= 0.6 is 0 Å². The van der Waals surface area contributed by atoms with E-state index in [2.05, 4.69) is 0 Å². The average molecular weight is 227 g/mol. The summed E-state index contributed by atoms with van der Waals surface area (Å²) in [7, 11) is 0. The maximum atomic E-state index is 11.7. The Kier molecular flexibility index (Phi) is 4.50. The number of hydrogen-bond acceptors (Lipinski definition) is 3. The molecule has 2 N–H and O–H groups in total. The molecule has 1 saturated heterocycles. The number of nitrogens with zero attached hydrogens (tertiary/aromatic N) is 1. The van der Waals surface area contributed by atoms with Crippen molar-refractivity contribution in [3.8, 4) is 0 Å². The summed E-state index contributed by atoms with van der Waals surface area (Å²) in [5.41, 5.74) is 0.605. The number of carbonyl (C=O) groups is 1.